The molecule has 3 aromatic heterocycles. The van der Waals surface area contributed by atoms with E-state index in [-0.39, 0.29) is 21.8 Å². The minimum Gasteiger partial charge on any atom is -0.455 e. The summed E-state index contributed by atoms with van der Waals surface area (Å²) in [6.45, 7) is 7.03. The van der Waals surface area contributed by atoms with Crippen LogP contribution in [0.25, 0.3) is 22.3 Å². The van der Waals surface area contributed by atoms with E-state index >= 15 is 0 Å². The van der Waals surface area contributed by atoms with Crippen molar-refractivity contribution in [2.24, 2.45) is 12.2 Å². The van der Waals surface area contributed by atoms with Crippen molar-refractivity contribution in [2.75, 3.05) is 5.32 Å². The van der Waals surface area contributed by atoms with E-state index in [1.807, 2.05) is 13.0 Å². The van der Waals surface area contributed by atoms with Gasteiger partial charge in [-0.2, -0.15) is 0 Å². The van der Waals surface area contributed by atoms with Gasteiger partial charge in [0.15, 0.2) is 10.5 Å². The third kappa shape index (κ3) is 4.67. The zero-order chi connectivity index (χ0) is 26.5. The second-order valence-electron chi connectivity index (χ2n) is 8.84. The molecular weight excluding hydrogens is 504 g/mol. The zero-order valence-electron chi connectivity index (χ0n) is 20.3. The largest absolute Gasteiger partial charge is 0.455 e. The second kappa shape index (κ2) is 9.20. The number of aromatic nitrogens is 2. The van der Waals surface area contributed by atoms with Crippen LogP contribution >= 0.6 is 11.6 Å². The molecule has 11 heteroatoms. The van der Waals surface area contributed by atoms with Crippen molar-refractivity contribution in [2.45, 2.75) is 38.8 Å². The van der Waals surface area contributed by atoms with Crippen LogP contribution in [-0.4, -0.2) is 18.0 Å². The van der Waals surface area contributed by atoms with Gasteiger partial charge >= 0.3 is 0 Å². The molecule has 0 radical (unpaired) electrons. The number of nitrogens with one attached hydrogen (secondary N) is 1. The number of fused-ring (bicyclic) bond motifs is 1. The average molecular weight is 529 g/mol. The number of anilines is 1. The second-order valence-corrected chi connectivity index (χ2v) is 10.7. The molecule has 0 aliphatic heterocycles. The number of hydrogen-bond donors (Lipinski definition) is 2. The van der Waals surface area contributed by atoms with Crippen molar-refractivity contribution in [3.8, 4) is 11.3 Å². The van der Waals surface area contributed by atoms with Crippen molar-refractivity contribution < 1.29 is 12.8 Å². The maximum atomic E-state index is 13.4. The molecule has 0 aliphatic carbocycles. The number of nitrogens with two attached hydrogens (primary N) is 1. The van der Waals surface area contributed by atoms with E-state index in [0.29, 0.717) is 39.0 Å². The van der Waals surface area contributed by atoms with Gasteiger partial charge in [0.1, 0.15) is 16.5 Å². The Morgan fingerprint density at radius 1 is 1.14 bits per heavy atom. The van der Waals surface area contributed by atoms with Gasteiger partial charge in [-0.25, -0.2) is 18.5 Å². The van der Waals surface area contributed by atoms with Crippen molar-refractivity contribution in [3.63, 3.8) is 0 Å². The van der Waals surface area contributed by atoms with E-state index in [1.165, 1.54) is 16.7 Å². The van der Waals surface area contributed by atoms with Crippen molar-refractivity contribution in [1.82, 2.24) is 9.55 Å². The third-order valence-corrected chi connectivity index (χ3v) is 7.01. The molecule has 4 rings (SSSR count). The maximum absolute atomic E-state index is 13.4. The van der Waals surface area contributed by atoms with Gasteiger partial charge < -0.3 is 14.3 Å². The van der Waals surface area contributed by atoms with E-state index < -0.39 is 21.1 Å². The molecule has 0 saturated carbocycles. The summed E-state index contributed by atoms with van der Waals surface area (Å²) in [6.07, 6.45) is 1.62. The van der Waals surface area contributed by atoms with E-state index in [1.54, 1.807) is 46.1 Å². The Bertz CT molecular complexity index is 1730. The summed E-state index contributed by atoms with van der Waals surface area (Å²) in [7, 11) is -2.52. The molecule has 0 aliphatic rings. The molecule has 0 spiro atoms. The minimum atomic E-state index is -4.16. The molecule has 1 aromatic carbocycles. The molecule has 188 valence electrons. The number of hydrogen-bond acceptors (Lipinski definition) is 7. The number of nitrogens with zero attached hydrogens (tertiary/aromatic N) is 2. The molecule has 1 atom stereocenters. The van der Waals surface area contributed by atoms with Crippen LogP contribution in [0.15, 0.2) is 55.6 Å². The Labute approximate surface area is 212 Å². The van der Waals surface area contributed by atoms with E-state index in [2.05, 4.69) is 10.3 Å². The van der Waals surface area contributed by atoms with Crippen LogP contribution in [0.3, 0.4) is 0 Å². The molecule has 36 heavy (non-hydrogen) atoms. The van der Waals surface area contributed by atoms with E-state index in [0.717, 1.165) is 5.56 Å². The zero-order valence-corrected chi connectivity index (χ0v) is 21.9. The summed E-state index contributed by atoms with van der Waals surface area (Å²) in [5, 5.41) is 8.43. The predicted octanol–water partition coefficient (Wildman–Crippen LogP) is 3.95. The summed E-state index contributed by atoms with van der Waals surface area (Å²) >= 11 is 5.89. The van der Waals surface area contributed by atoms with Crippen LogP contribution in [0.4, 0.5) is 5.69 Å². The van der Waals surface area contributed by atoms with Gasteiger partial charge in [-0.1, -0.05) is 17.7 Å². The Morgan fingerprint density at radius 3 is 2.47 bits per heavy atom. The van der Waals surface area contributed by atoms with Gasteiger partial charge in [0, 0.05) is 35.5 Å². The highest BCUT2D eigenvalue weighted by molar-refractivity contribution is 7.89. The predicted molar refractivity (Wildman–Crippen MR) is 140 cm³/mol. The molecule has 0 unspecified atom stereocenters. The summed E-state index contributed by atoms with van der Waals surface area (Å²) in [5.74, 6) is 0.349. The van der Waals surface area contributed by atoms with Gasteiger partial charge in [-0.3, -0.25) is 9.59 Å². The number of sulfonamides is 1. The number of rotatable bonds is 5. The van der Waals surface area contributed by atoms with E-state index in [9.17, 15) is 18.0 Å². The topological polar surface area (TPSA) is 137 Å². The fourth-order valence-corrected chi connectivity index (χ4v) is 5.08. The fraction of sp³-hybridized carbons (Fsp3) is 0.240. The quantitative estimate of drug-likeness (QED) is 0.374. The highest BCUT2D eigenvalue weighted by atomic mass is 35.5. The fourth-order valence-electron chi connectivity index (χ4n) is 4.22. The molecular formula is C25H25ClN4O5S. The Balaban J connectivity index is 1.93. The standard InChI is InChI=1S/C25H25ClN4O5S/c1-12-8-17(15(4)28-19-6-7-20(26)29-24(19)36(27,33)34)23-18(9-12)21(31)14(3)22(35-23)16-10-13(2)25(32)30(5)11-16/h6-11,15,28H,1-5H3,(H2,27,33,34)/t15-/m1/s1. The van der Waals surface area contributed by atoms with Crippen LogP contribution < -0.4 is 21.4 Å². The maximum Gasteiger partial charge on any atom is 0.257 e. The normalized spacial score (nSPS) is 12.6. The SMILES string of the molecule is Cc1cc([C@@H](C)Nc2ccc(Cl)nc2S(N)(=O)=O)c2oc(-c3cc(C)c(=O)n(C)c3)c(C)c(=O)c2c1. The molecule has 0 saturated heterocycles. The molecule has 3 heterocycles. The summed E-state index contributed by atoms with van der Waals surface area (Å²) in [4.78, 5) is 29.4. The first-order valence-corrected chi connectivity index (χ1v) is 12.9. The number of aryl methyl sites for hydroxylation is 3. The highest BCUT2D eigenvalue weighted by Gasteiger charge is 2.22. The first-order chi connectivity index (χ1) is 16.8. The molecule has 0 amide bonds. The van der Waals surface area contributed by atoms with E-state index in [4.69, 9.17) is 21.2 Å². The van der Waals surface area contributed by atoms with Crippen LogP contribution in [0.2, 0.25) is 5.15 Å². The molecule has 9 nitrogen and oxygen atoms in total. The first kappa shape index (κ1) is 25.6. The lowest BCUT2D eigenvalue weighted by molar-refractivity contribution is 0.594. The van der Waals surface area contributed by atoms with Gasteiger partial charge in [-0.15, -0.1) is 0 Å². The minimum absolute atomic E-state index is 0.0168. The van der Waals surface area contributed by atoms with Gasteiger partial charge in [-0.05, 0) is 57.5 Å². The number of pyridine rings is 2. The average Bonchev–Trinajstić information content (AvgIpc) is 2.79. The summed E-state index contributed by atoms with van der Waals surface area (Å²) < 4.78 is 31.9. The van der Waals surface area contributed by atoms with Crippen LogP contribution in [0.5, 0.6) is 0 Å². The third-order valence-electron chi connectivity index (χ3n) is 5.95. The smallest absolute Gasteiger partial charge is 0.257 e. The van der Waals surface area contributed by atoms with Crippen molar-refractivity contribution in [1.29, 1.82) is 0 Å². The van der Waals surface area contributed by atoms with Crippen molar-refractivity contribution in [3.05, 3.63) is 84.5 Å². The monoisotopic (exact) mass is 528 g/mol. The van der Waals surface area contributed by atoms with Crippen LogP contribution in [0, 0.1) is 20.8 Å². The summed E-state index contributed by atoms with van der Waals surface area (Å²) in [6, 6.07) is 7.70. The lowest BCUT2D eigenvalue weighted by atomic mass is 9.99. The van der Waals surface area contributed by atoms with Gasteiger partial charge in [0.25, 0.3) is 15.6 Å². The number of primary sulfonamides is 1. The lowest BCUT2D eigenvalue weighted by Crippen LogP contribution is -2.19. The van der Waals surface area contributed by atoms with Crippen LogP contribution in [-0.2, 0) is 17.1 Å². The lowest BCUT2D eigenvalue weighted by Gasteiger charge is -2.20. The Kier molecular flexibility index (Phi) is 6.54. The molecule has 0 bridgehead atoms. The Hall–Kier alpha value is -3.47. The van der Waals surface area contributed by atoms with Gasteiger partial charge in [0.2, 0.25) is 0 Å². The number of benzene rings is 1. The molecule has 3 N–H and O–H groups in total. The highest BCUT2D eigenvalue weighted by Crippen LogP contribution is 2.33. The first-order valence-electron chi connectivity index (χ1n) is 11.0. The van der Waals surface area contributed by atoms with Crippen LogP contribution in [0.1, 0.15) is 35.2 Å². The molecule has 0 fully saturated rings. The number of halogens is 1. The Morgan fingerprint density at radius 2 is 1.83 bits per heavy atom. The van der Waals surface area contributed by atoms with Crippen molar-refractivity contribution >= 4 is 38.3 Å². The summed E-state index contributed by atoms with van der Waals surface area (Å²) in [5.41, 5.74) is 3.13. The van der Waals surface area contributed by atoms with Gasteiger partial charge in [0.05, 0.1) is 17.1 Å². The molecule has 4 aromatic rings.